The van der Waals surface area contributed by atoms with Gasteiger partial charge in [0.2, 0.25) is 5.91 Å². The van der Waals surface area contributed by atoms with Gasteiger partial charge in [-0.25, -0.2) is 8.78 Å². The van der Waals surface area contributed by atoms with Crippen LogP contribution in [0.5, 0.6) is 0 Å². The van der Waals surface area contributed by atoms with E-state index in [1.54, 1.807) is 0 Å². The third-order valence-corrected chi connectivity index (χ3v) is 3.03. The van der Waals surface area contributed by atoms with Gasteiger partial charge in [-0.15, -0.1) is 0 Å². The third kappa shape index (κ3) is 4.95. The van der Waals surface area contributed by atoms with Gasteiger partial charge < -0.3 is 15.4 Å². The van der Waals surface area contributed by atoms with E-state index in [1.807, 2.05) is 6.92 Å². The molecule has 0 atom stereocenters. The van der Waals surface area contributed by atoms with Crippen LogP contribution in [0.2, 0.25) is 0 Å². The molecule has 0 spiro atoms. The quantitative estimate of drug-likeness (QED) is 0.685. The van der Waals surface area contributed by atoms with E-state index in [1.165, 1.54) is 0 Å². The molecule has 1 rings (SSSR count). The first-order chi connectivity index (χ1) is 8.04. The molecule has 1 heterocycles. The van der Waals surface area contributed by atoms with Crippen LogP contribution in [0.25, 0.3) is 0 Å². The highest BCUT2D eigenvalue weighted by atomic mass is 19.3. The summed E-state index contributed by atoms with van der Waals surface area (Å²) in [7, 11) is 0. The molecule has 6 heteroatoms. The number of alkyl halides is 2. The summed E-state index contributed by atoms with van der Waals surface area (Å²) in [4.78, 5) is 11.9. The van der Waals surface area contributed by atoms with Crippen LogP contribution in [0, 0.1) is 5.41 Å². The number of ether oxygens (including phenoxy) is 1. The molecule has 0 saturated carbocycles. The summed E-state index contributed by atoms with van der Waals surface area (Å²) in [6, 6.07) is 0. The number of halogens is 2. The monoisotopic (exact) mass is 250 g/mol. The van der Waals surface area contributed by atoms with Crippen LogP contribution in [0.15, 0.2) is 0 Å². The lowest BCUT2D eigenvalue weighted by Gasteiger charge is -2.32. The van der Waals surface area contributed by atoms with Crippen molar-refractivity contribution >= 4 is 5.91 Å². The molecule has 0 aromatic heterocycles. The Balaban J connectivity index is 2.15. The van der Waals surface area contributed by atoms with Gasteiger partial charge in [0.05, 0.1) is 6.61 Å². The van der Waals surface area contributed by atoms with Crippen molar-refractivity contribution in [1.82, 2.24) is 10.6 Å². The normalized spacial score (nSPS) is 19.3. The highest BCUT2D eigenvalue weighted by Crippen LogP contribution is 2.27. The van der Waals surface area contributed by atoms with Crippen molar-refractivity contribution in [1.29, 1.82) is 0 Å². The summed E-state index contributed by atoms with van der Waals surface area (Å²) in [5.41, 5.74) is -0.339. The first kappa shape index (κ1) is 14.3. The van der Waals surface area contributed by atoms with E-state index in [-0.39, 0.29) is 24.5 Å². The Hall–Kier alpha value is -0.750. The molecule has 1 amide bonds. The molecule has 1 aliphatic rings. The average Bonchev–Trinajstić information content (AvgIpc) is 2.29. The van der Waals surface area contributed by atoms with Crippen LogP contribution in [-0.2, 0) is 9.53 Å². The van der Waals surface area contributed by atoms with Crippen molar-refractivity contribution in [2.75, 3.05) is 32.8 Å². The Morgan fingerprint density at radius 2 is 2.12 bits per heavy atom. The zero-order valence-electron chi connectivity index (χ0n) is 10.1. The fourth-order valence-corrected chi connectivity index (χ4v) is 1.83. The van der Waals surface area contributed by atoms with Gasteiger partial charge >= 0.3 is 0 Å². The van der Waals surface area contributed by atoms with Crippen molar-refractivity contribution in [3.63, 3.8) is 0 Å². The van der Waals surface area contributed by atoms with Crippen molar-refractivity contribution in [3.05, 3.63) is 0 Å². The van der Waals surface area contributed by atoms with Gasteiger partial charge in [-0.1, -0.05) is 6.92 Å². The second-order valence-electron chi connectivity index (χ2n) is 4.53. The van der Waals surface area contributed by atoms with Gasteiger partial charge in [-0.3, -0.25) is 4.79 Å². The molecular formula is C11H20F2N2O2. The molecular weight excluding hydrogens is 230 g/mol. The Kier molecular flexibility index (Phi) is 5.77. The topological polar surface area (TPSA) is 50.4 Å². The van der Waals surface area contributed by atoms with Crippen molar-refractivity contribution < 1.29 is 18.3 Å². The lowest BCUT2D eigenvalue weighted by atomic mass is 9.80. The molecule has 0 aromatic carbocycles. The molecule has 1 aliphatic heterocycles. The lowest BCUT2D eigenvalue weighted by molar-refractivity contribution is -0.131. The summed E-state index contributed by atoms with van der Waals surface area (Å²) in [6.45, 7) is 3.46. The number of hydrogen-bond acceptors (Lipinski definition) is 3. The molecule has 100 valence electrons. The SMILES string of the molecule is CC1(C(=O)NCCOCC(F)F)CCNCC1. The molecule has 0 unspecified atom stereocenters. The van der Waals surface area contributed by atoms with E-state index >= 15 is 0 Å². The van der Waals surface area contributed by atoms with E-state index in [9.17, 15) is 13.6 Å². The molecule has 0 aliphatic carbocycles. The molecule has 2 N–H and O–H groups in total. The molecule has 0 bridgehead atoms. The smallest absolute Gasteiger partial charge is 0.261 e. The number of carbonyl (C=O) groups excluding carboxylic acids is 1. The summed E-state index contributed by atoms with van der Waals surface area (Å²) in [5, 5.41) is 5.93. The Labute approximate surface area is 100 Å². The van der Waals surface area contributed by atoms with Gasteiger partial charge in [0, 0.05) is 12.0 Å². The van der Waals surface area contributed by atoms with Crippen LogP contribution in [-0.4, -0.2) is 45.2 Å². The van der Waals surface area contributed by atoms with Crippen LogP contribution in [0.4, 0.5) is 8.78 Å². The largest absolute Gasteiger partial charge is 0.374 e. The minimum atomic E-state index is -2.45. The summed E-state index contributed by atoms with van der Waals surface area (Å²) < 4.78 is 28.2. The minimum Gasteiger partial charge on any atom is -0.374 e. The lowest BCUT2D eigenvalue weighted by Crippen LogP contribution is -2.46. The van der Waals surface area contributed by atoms with E-state index in [0.717, 1.165) is 25.9 Å². The Bertz CT molecular complexity index is 244. The minimum absolute atomic E-state index is 0.0142. The third-order valence-electron chi connectivity index (χ3n) is 3.03. The van der Waals surface area contributed by atoms with Gasteiger partial charge in [-0.05, 0) is 25.9 Å². The second-order valence-corrected chi connectivity index (χ2v) is 4.53. The Morgan fingerprint density at radius 3 is 2.71 bits per heavy atom. The van der Waals surface area contributed by atoms with Gasteiger partial charge in [0.1, 0.15) is 6.61 Å². The maximum atomic E-state index is 11.9. The summed E-state index contributed by atoms with van der Waals surface area (Å²) in [5.74, 6) is -0.0142. The fraction of sp³-hybridized carbons (Fsp3) is 0.909. The van der Waals surface area contributed by atoms with Crippen molar-refractivity contribution in [3.8, 4) is 0 Å². The second kappa shape index (κ2) is 6.86. The predicted molar refractivity (Wildman–Crippen MR) is 60.0 cm³/mol. The maximum absolute atomic E-state index is 11.9. The van der Waals surface area contributed by atoms with Crippen molar-refractivity contribution in [2.45, 2.75) is 26.2 Å². The first-order valence-corrected chi connectivity index (χ1v) is 5.89. The molecule has 1 fully saturated rings. The molecule has 1 saturated heterocycles. The van der Waals surface area contributed by atoms with Gasteiger partial charge in [0.25, 0.3) is 6.43 Å². The molecule has 0 aromatic rings. The highest BCUT2D eigenvalue weighted by Gasteiger charge is 2.33. The van der Waals surface area contributed by atoms with Crippen LogP contribution in [0.1, 0.15) is 19.8 Å². The van der Waals surface area contributed by atoms with E-state index in [2.05, 4.69) is 15.4 Å². The van der Waals surface area contributed by atoms with Crippen LogP contribution < -0.4 is 10.6 Å². The van der Waals surface area contributed by atoms with E-state index < -0.39 is 13.0 Å². The standard InChI is InChI=1S/C11H20F2N2O2/c1-11(2-4-14-5-3-11)10(16)15-6-7-17-8-9(12)13/h9,14H,2-8H2,1H3,(H,15,16). The van der Waals surface area contributed by atoms with Crippen molar-refractivity contribution in [2.24, 2.45) is 5.41 Å². The number of nitrogens with one attached hydrogen (secondary N) is 2. The van der Waals surface area contributed by atoms with Gasteiger partial charge in [0.15, 0.2) is 0 Å². The number of hydrogen-bond donors (Lipinski definition) is 2. The van der Waals surface area contributed by atoms with E-state index in [4.69, 9.17) is 0 Å². The number of amides is 1. The summed E-state index contributed by atoms with van der Waals surface area (Å²) in [6.07, 6.45) is -0.847. The fourth-order valence-electron chi connectivity index (χ4n) is 1.83. The molecule has 0 radical (unpaired) electrons. The number of carbonyl (C=O) groups is 1. The zero-order chi connectivity index (χ0) is 12.7. The van der Waals surface area contributed by atoms with Crippen LogP contribution in [0.3, 0.4) is 0 Å². The maximum Gasteiger partial charge on any atom is 0.261 e. The molecule has 4 nitrogen and oxygen atoms in total. The number of piperidine rings is 1. The zero-order valence-corrected chi connectivity index (χ0v) is 10.1. The average molecular weight is 250 g/mol. The van der Waals surface area contributed by atoms with Crippen LogP contribution >= 0.6 is 0 Å². The summed E-state index contributed by atoms with van der Waals surface area (Å²) >= 11 is 0. The van der Waals surface area contributed by atoms with Gasteiger partial charge in [-0.2, -0.15) is 0 Å². The highest BCUT2D eigenvalue weighted by molar-refractivity contribution is 5.82. The first-order valence-electron chi connectivity index (χ1n) is 5.89. The molecule has 17 heavy (non-hydrogen) atoms. The van der Waals surface area contributed by atoms with E-state index in [0.29, 0.717) is 0 Å². The number of rotatable bonds is 6. The Morgan fingerprint density at radius 1 is 1.47 bits per heavy atom. The predicted octanol–water partition coefficient (Wildman–Crippen LogP) is 0.774.